The lowest BCUT2D eigenvalue weighted by molar-refractivity contribution is 0.151. The number of hydrogen-bond donors (Lipinski definition) is 1. The fraction of sp³-hybridized carbons (Fsp3) is 0.182. The van der Waals surface area contributed by atoms with Gasteiger partial charge in [0.05, 0.1) is 0 Å². The van der Waals surface area contributed by atoms with Crippen LogP contribution in [-0.2, 0) is 0 Å². The van der Waals surface area contributed by atoms with E-state index in [1.807, 2.05) is 0 Å². The Morgan fingerprint density at radius 1 is 1.43 bits per heavy atom. The van der Waals surface area contributed by atoms with Crippen LogP contribution in [0.3, 0.4) is 0 Å². The second-order valence-electron chi connectivity index (χ2n) is 3.10. The largest absolute Gasteiger partial charge is 0.308 e. The molecule has 0 saturated heterocycles. The molecule has 0 bridgehead atoms. The lowest BCUT2D eigenvalue weighted by Crippen LogP contribution is -1.91. The molecule has 0 aliphatic heterocycles. The third kappa shape index (κ3) is 2.25. The van der Waals surface area contributed by atoms with Crippen LogP contribution < -0.4 is 0 Å². The van der Waals surface area contributed by atoms with Gasteiger partial charge < -0.3 is 5.41 Å². The molecule has 1 N–H and O–H groups in total. The van der Waals surface area contributed by atoms with Crippen molar-refractivity contribution in [1.82, 2.24) is 0 Å². The van der Waals surface area contributed by atoms with E-state index < -0.39 is 6.43 Å². The van der Waals surface area contributed by atoms with Gasteiger partial charge in [-0.05, 0) is 24.1 Å². The summed E-state index contributed by atoms with van der Waals surface area (Å²) in [5.41, 5.74) is 1.75. The minimum atomic E-state index is -2.48. The fourth-order valence-corrected chi connectivity index (χ4v) is 1.21. The molecule has 0 spiro atoms. The number of nitrogens with one attached hydrogen (secondary N) is 1. The maximum atomic E-state index is 12.4. The molecule has 0 aromatic heterocycles. The van der Waals surface area contributed by atoms with Crippen molar-refractivity contribution in [1.29, 1.82) is 5.41 Å². The average molecular weight is 195 g/mol. The van der Waals surface area contributed by atoms with Gasteiger partial charge >= 0.3 is 0 Å². The Labute approximate surface area is 81.6 Å². The van der Waals surface area contributed by atoms with Crippen molar-refractivity contribution < 1.29 is 8.78 Å². The van der Waals surface area contributed by atoms with Crippen molar-refractivity contribution in [3.05, 3.63) is 41.5 Å². The van der Waals surface area contributed by atoms with E-state index in [2.05, 4.69) is 6.58 Å². The van der Waals surface area contributed by atoms with Gasteiger partial charge in [-0.15, -0.1) is 0 Å². The Kier molecular flexibility index (Phi) is 3.12. The highest BCUT2D eigenvalue weighted by molar-refractivity contribution is 6.07. The molecule has 1 nitrogen and oxygen atoms in total. The summed E-state index contributed by atoms with van der Waals surface area (Å²) in [5.74, 6) is 0. The molecule has 0 radical (unpaired) electrons. The van der Waals surface area contributed by atoms with Crippen molar-refractivity contribution >= 4 is 11.8 Å². The summed E-state index contributed by atoms with van der Waals surface area (Å²) in [6.07, 6.45) is -1.42. The number of allylic oxidation sites excluding steroid dienone is 1. The van der Waals surface area contributed by atoms with Crippen molar-refractivity contribution in [3.63, 3.8) is 0 Å². The SMILES string of the molecule is C=C(C=N)c1cc(C)cc(C(F)F)c1. The summed E-state index contributed by atoms with van der Waals surface area (Å²) < 4.78 is 24.8. The summed E-state index contributed by atoms with van der Waals surface area (Å²) in [6.45, 7) is 5.34. The smallest absolute Gasteiger partial charge is 0.263 e. The normalized spacial score (nSPS) is 10.3. The topological polar surface area (TPSA) is 23.9 Å². The number of hydrogen-bond acceptors (Lipinski definition) is 1. The Morgan fingerprint density at radius 3 is 2.57 bits per heavy atom. The quantitative estimate of drug-likeness (QED) is 0.712. The molecule has 3 heteroatoms. The summed E-state index contributed by atoms with van der Waals surface area (Å²) in [7, 11) is 0. The first-order valence-electron chi connectivity index (χ1n) is 4.14. The molecular weight excluding hydrogens is 184 g/mol. The van der Waals surface area contributed by atoms with E-state index in [9.17, 15) is 8.78 Å². The van der Waals surface area contributed by atoms with Crippen LogP contribution in [0.2, 0.25) is 0 Å². The number of aryl methyl sites for hydroxylation is 1. The van der Waals surface area contributed by atoms with Crippen LogP contribution in [0, 0.1) is 12.3 Å². The van der Waals surface area contributed by atoms with Crippen LogP contribution in [0.1, 0.15) is 23.1 Å². The van der Waals surface area contributed by atoms with Crippen LogP contribution in [0.25, 0.3) is 5.57 Å². The monoisotopic (exact) mass is 195 g/mol. The van der Waals surface area contributed by atoms with Gasteiger partial charge in [-0.25, -0.2) is 8.78 Å². The van der Waals surface area contributed by atoms with E-state index in [0.717, 1.165) is 11.8 Å². The maximum absolute atomic E-state index is 12.4. The molecule has 0 atom stereocenters. The first-order chi connectivity index (χ1) is 6.54. The molecule has 14 heavy (non-hydrogen) atoms. The van der Waals surface area contributed by atoms with Crippen molar-refractivity contribution in [2.24, 2.45) is 0 Å². The molecule has 1 rings (SSSR count). The lowest BCUT2D eigenvalue weighted by atomic mass is 10.0. The van der Waals surface area contributed by atoms with Gasteiger partial charge in [0, 0.05) is 11.8 Å². The number of halogens is 2. The van der Waals surface area contributed by atoms with Gasteiger partial charge in [-0.3, -0.25) is 0 Å². The van der Waals surface area contributed by atoms with E-state index >= 15 is 0 Å². The van der Waals surface area contributed by atoms with Gasteiger partial charge in [-0.1, -0.05) is 24.3 Å². The molecule has 0 unspecified atom stereocenters. The zero-order valence-corrected chi connectivity index (χ0v) is 7.85. The molecule has 0 heterocycles. The molecule has 0 amide bonds. The van der Waals surface area contributed by atoms with Gasteiger partial charge in [0.25, 0.3) is 6.43 Å². The van der Waals surface area contributed by atoms with Crippen LogP contribution >= 0.6 is 0 Å². The Balaban J connectivity index is 3.19. The Morgan fingerprint density at radius 2 is 2.07 bits per heavy atom. The highest BCUT2D eigenvalue weighted by Gasteiger charge is 2.09. The standard InChI is InChI=1S/C11H11F2N/c1-7-3-9(8(2)6-14)5-10(4-7)11(12)13/h3-6,11,14H,2H2,1H3. The highest BCUT2D eigenvalue weighted by atomic mass is 19.3. The fourth-order valence-electron chi connectivity index (χ4n) is 1.21. The number of rotatable bonds is 3. The Bertz CT molecular complexity index is 370. The third-order valence-electron chi connectivity index (χ3n) is 1.90. The van der Waals surface area contributed by atoms with E-state index in [0.29, 0.717) is 11.1 Å². The molecule has 1 aromatic carbocycles. The molecule has 1 aromatic rings. The summed E-state index contributed by atoms with van der Waals surface area (Å²) >= 11 is 0. The van der Waals surface area contributed by atoms with Gasteiger partial charge in [0.15, 0.2) is 0 Å². The molecule has 0 aliphatic rings. The zero-order chi connectivity index (χ0) is 10.7. The second kappa shape index (κ2) is 4.13. The summed E-state index contributed by atoms with van der Waals surface area (Å²) in [4.78, 5) is 0. The molecule has 0 aliphatic carbocycles. The van der Waals surface area contributed by atoms with E-state index in [-0.39, 0.29) is 5.56 Å². The van der Waals surface area contributed by atoms with E-state index in [1.54, 1.807) is 13.0 Å². The van der Waals surface area contributed by atoms with Crippen molar-refractivity contribution in [3.8, 4) is 0 Å². The van der Waals surface area contributed by atoms with Crippen molar-refractivity contribution in [2.75, 3.05) is 0 Å². The summed E-state index contributed by atoms with van der Waals surface area (Å²) in [5, 5.41) is 6.98. The first kappa shape index (κ1) is 10.6. The molecule has 0 saturated carbocycles. The molecule has 0 fully saturated rings. The predicted molar refractivity (Wildman–Crippen MR) is 54.0 cm³/mol. The minimum absolute atomic E-state index is 0.0250. The number of benzene rings is 1. The van der Waals surface area contributed by atoms with Gasteiger partial charge in [-0.2, -0.15) is 0 Å². The van der Waals surface area contributed by atoms with Gasteiger partial charge in [0.2, 0.25) is 0 Å². The average Bonchev–Trinajstić information content (AvgIpc) is 2.15. The molecule has 74 valence electrons. The zero-order valence-electron chi connectivity index (χ0n) is 7.85. The van der Waals surface area contributed by atoms with Crippen LogP contribution in [0.5, 0.6) is 0 Å². The second-order valence-corrected chi connectivity index (χ2v) is 3.10. The Hall–Kier alpha value is -1.51. The minimum Gasteiger partial charge on any atom is -0.308 e. The van der Waals surface area contributed by atoms with Crippen molar-refractivity contribution in [2.45, 2.75) is 13.3 Å². The van der Waals surface area contributed by atoms with Gasteiger partial charge in [0.1, 0.15) is 0 Å². The first-order valence-corrected chi connectivity index (χ1v) is 4.14. The third-order valence-corrected chi connectivity index (χ3v) is 1.90. The van der Waals surface area contributed by atoms with Crippen LogP contribution in [0.15, 0.2) is 24.8 Å². The van der Waals surface area contributed by atoms with Crippen LogP contribution in [-0.4, -0.2) is 6.21 Å². The van der Waals surface area contributed by atoms with Crippen LogP contribution in [0.4, 0.5) is 8.78 Å². The number of alkyl halides is 2. The predicted octanol–water partition coefficient (Wildman–Crippen LogP) is 3.60. The summed E-state index contributed by atoms with van der Waals surface area (Å²) in [6, 6.07) is 4.54. The molecular formula is C11H11F2N. The van der Waals surface area contributed by atoms with E-state index in [1.165, 1.54) is 12.1 Å². The lowest BCUT2D eigenvalue weighted by Gasteiger charge is -2.06. The maximum Gasteiger partial charge on any atom is 0.263 e. The highest BCUT2D eigenvalue weighted by Crippen LogP contribution is 2.23. The van der Waals surface area contributed by atoms with E-state index in [4.69, 9.17) is 5.41 Å².